The molecule has 0 aromatic heterocycles. The summed E-state index contributed by atoms with van der Waals surface area (Å²) in [6, 6.07) is 7.55. The molecule has 5 nitrogen and oxygen atoms in total. The smallest absolute Gasteiger partial charge is 0.321 e. The predicted molar refractivity (Wildman–Crippen MR) is 88.2 cm³/mol. The van der Waals surface area contributed by atoms with E-state index in [0.717, 1.165) is 23.4 Å². The van der Waals surface area contributed by atoms with Crippen LogP contribution in [0.3, 0.4) is 0 Å². The van der Waals surface area contributed by atoms with Gasteiger partial charge in [0.15, 0.2) is 0 Å². The van der Waals surface area contributed by atoms with Crippen LogP contribution < -0.4 is 5.32 Å². The zero-order chi connectivity index (χ0) is 15.9. The maximum Gasteiger partial charge on any atom is 0.321 e. The van der Waals surface area contributed by atoms with E-state index in [9.17, 15) is 9.59 Å². The van der Waals surface area contributed by atoms with E-state index in [1.165, 1.54) is 0 Å². The summed E-state index contributed by atoms with van der Waals surface area (Å²) >= 11 is 1.66. The van der Waals surface area contributed by atoms with Crippen LogP contribution in [0.5, 0.6) is 0 Å². The van der Waals surface area contributed by atoms with Gasteiger partial charge in [-0.15, -0.1) is 11.8 Å². The summed E-state index contributed by atoms with van der Waals surface area (Å²) in [4.78, 5) is 27.0. The van der Waals surface area contributed by atoms with Crippen molar-refractivity contribution in [2.24, 2.45) is 5.92 Å². The van der Waals surface area contributed by atoms with Crippen molar-refractivity contribution >= 4 is 29.4 Å². The van der Waals surface area contributed by atoms with Crippen molar-refractivity contribution in [1.82, 2.24) is 4.90 Å². The number of nitrogens with zero attached hydrogens (tertiary/aromatic N) is 1. The highest BCUT2D eigenvalue weighted by molar-refractivity contribution is 7.98. The van der Waals surface area contributed by atoms with Crippen LogP contribution in [-0.4, -0.2) is 42.9 Å². The monoisotopic (exact) mass is 322 g/mol. The lowest BCUT2D eigenvalue weighted by Crippen LogP contribution is -2.44. The van der Waals surface area contributed by atoms with Gasteiger partial charge in [-0.25, -0.2) is 4.79 Å². The number of piperidine rings is 1. The SMILES string of the molecule is CCOC(=O)C1CCCN(C(=O)Nc2ccc(SC)cc2)C1. The molecule has 1 aromatic carbocycles. The number of thioether (sulfide) groups is 1. The molecule has 1 atom stereocenters. The summed E-state index contributed by atoms with van der Waals surface area (Å²) in [6.45, 7) is 3.27. The molecule has 2 rings (SSSR count). The first-order chi connectivity index (χ1) is 10.6. The molecular formula is C16H22N2O3S. The maximum absolute atomic E-state index is 12.3. The van der Waals surface area contributed by atoms with Gasteiger partial charge in [0.1, 0.15) is 0 Å². The summed E-state index contributed by atoms with van der Waals surface area (Å²) < 4.78 is 5.05. The van der Waals surface area contributed by atoms with Crippen molar-refractivity contribution in [3.8, 4) is 0 Å². The fraction of sp³-hybridized carbons (Fsp3) is 0.500. The number of likely N-dealkylation sites (tertiary alicyclic amines) is 1. The fourth-order valence-electron chi connectivity index (χ4n) is 2.49. The molecule has 1 unspecified atom stereocenters. The Kier molecular flexibility index (Phi) is 6.12. The van der Waals surface area contributed by atoms with Crippen LogP contribution in [0.25, 0.3) is 0 Å². The average molecular weight is 322 g/mol. The molecule has 0 bridgehead atoms. The maximum atomic E-state index is 12.3. The number of benzene rings is 1. The van der Waals surface area contributed by atoms with Crippen molar-refractivity contribution < 1.29 is 14.3 Å². The van der Waals surface area contributed by atoms with E-state index in [1.807, 2.05) is 30.5 Å². The molecule has 1 aromatic rings. The Hall–Kier alpha value is -1.69. The Morgan fingerprint density at radius 2 is 2.09 bits per heavy atom. The minimum absolute atomic E-state index is 0.161. The molecule has 1 aliphatic rings. The lowest BCUT2D eigenvalue weighted by atomic mass is 9.98. The van der Waals surface area contributed by atoms with Gasteiger partial charge < -0.3 is 15.0 Å². The van der Waals surface area contributed by atoms with E-state index in [1.54, 1.807) is 23.6 Å². The standard InChI is InChI=1S/C16H22N2O3S/c1-3-21-15(19)12-5-4-10-18(11-12)16(20)17-13-6-8-14(22-2)9-7-13/h6-9,12H,3-5,10-11H2,1-2H3,(H,17,20). The highest BCUT2D eigenvalue weighted by atomic mass is 32.2. The van der Waals surface area contributed by atoms with Gasteiger partial charge >= 0.3 is 12.0 Å². The molecule has 1 heterocycles. The molecule has 0 radical (unpaired) electrons. The van der Waals surface area contributed by atoms with E-state index < -0.39 is 0 Å². The summed E-state index contributed by atoms with van der Waals surface area (Å²) in [5, 5.41) is 2.88. The van der Waals surface area contributed by atoms with Crippen molar-refractivity contribution in [3.63, 3.8) is 0 Å². The molecule has 22 heavy (non-hydrogen) atoms. The summed E-state index contributed by atoms with van der Waals surface area (Å²) in [5.41, 5.74) is 0.765. The normalized spacial score (nSPS) is 17.9. The minimum Gasteiger partial charge on any atom is -0.466 e. The zero-order valence-corrected chi connectivity index (χ0v) is 13.8. The van der Waals surface area contributed by atoms with Crippen LogP contribution in [0.15, 0.2) is 29.2 Å². The number of anilines is 1. The Bertz CT molecular complexity index is 519. The van der Waals surface area contributed by atoms with E-state index in [0.29, 0.717) is 19.7 Å². The van der Waals surface area contributed by atoms with Gasteiger partial charge in [0.2, 0.25) is 0 Å². The number of rotatable bonds is 4. The van der Waals surface area contributed by atoms with Gasteiger partial charge in [0, 0.05) is 23.7 Å². The molecule has 2 amide bonds. The second kappa shape index (κ2) is 8.08. The first kappa shape index (κ1) is 16.7. The highest BCUT2D eigenvalue weighted by Crippen LogP contribution is 2.20. The third-order valence-corrected chi connectivity index (χ3v) is 4.41. The van der Waals surface area contributed by atoms with Gasteiger partial charge in [0.05, 0.1) is 12.5 Å². The number of nitrogens with one attached hydrogen (secondary N) is 1. The van der Waals surface area contributed by atoms with E-state index in [-0.39, 0.29) is 17.9 Å². The van der Waals surface area contributed by atoms with Crippen LogP contribution >= 0.6 is 11.8 Å². The molecule has 120 valence electrons. The number of urea groups is 1. The molecule has 0 aliphatic carbocycles. The molecule has 1 fully saturated rings. The molecule has 1 aliphatic heterocycles. The fourth-order valence-corrected chi connectivity index (χ4v) is 2.90. The second-order valence-corrected chi connectivity index (χ2v) is 6.08. The molecule has 1 N–H and O–H groups in total. The number of hydrogen-bond donors (Lipinski definition) is 1. The van der Waals surface area contributed by atoms with Crippen LogP contribution in [0.4, 0.5) is 10.5 Å². The first-order valence-corrected chi connectivity index (χ1v) is 8.73. The first-order valence-electron chi connectivity index (χ1n) is 7.50. The van der Waals surface area contributed by atoms with Gasteiger partial charge in [-0.05, 0) is 50.3 Å². The van der Waals surface area contributed by atoms with Crippen molar-refractivity contribution in [2.75, 3.05) is 31.3 Å². The number of esters is 1. The molecule has 0 spiro atoms. The van der Waals surface area contributed by atoms with Gasteiger partial charge in [-0.3, -0.25) is 4.79 Å². The minimum atomic E-state index is -0.210. The molecular weight excluding hydrogens is 300 g/mol. The van der Waals surface area contributed by atoms with Crippen molar-refractivity contribution in [1.29, 1.82) is 0 Å². The van der Waals surface area contributed by atoms with E-state index in [2.05, 4.69) is 5.32 Å². The van der Waals surface area contributed by atoms with Gasteiger partial charge in [-0.2, -0.15) is 0 Å². The highest BCUT2D eigenvalue weighted by Gasteiger charge is 2.29. The topological polar surface area (TPSA) is 58.6 Å². The van der Waals surface area contributed by atoms with E-state index >= 15 is 0 Å². The molecule has 0 saturated carbocycles. The quantitative estimate of drug-likeness (QED) is 0.683. The Labute approximate surface area is 135 Å². The van der Waals surface area contributed by atoms with Crippen LogP contribution in [0.2, 0.25) is 0 Å². The van der Waals surface area contributed by atoms with Crippen LogP contribution in [0.1, 0.15) is 19.8 Å². The van der Waals surface area contributed by atoms with Crippen LogP contribution in [-0.2, 0) is 9.53 Å². The summed E-state index contributed by atoms with van der Waals surface area (Å²) in [7, 11) is 0. The average Bonchev–Trinajstić information content (AvgIpc) is 2.56. The lowest BCUT2D eigenvalue weighted by Gasteiger charge is -2.31. The predicted octanol–water partition coefficient (Wildman–Crippen LogP) is 3.22. The largest absolute Gasteiger partial charge is 0.466 e. The summed E-state index contributed by atoms with van der Waals surface area (Å²) in [5.74, 6) is -0.414. The Morgan fingerprint density at radius 1 is 1.36 bits per heavy atom. The lowest BCUT2D eigenvalue weighted by molar-refractivity contribution is -0.149. The number of carbonyl (C=O) groups excluding carboxylic acids is 2. The van der Waals surface area contributed by atoms with E-state index in [4.69, 9.17) is 4.74 Å². The molecule has 1 saturated heterocycles. The van der Waals surface area contributed by atoms with Crippen molar-refractivity contribution in [2.45, 2.75) is 24.7 Å². The van der Waals surface area contributed by atoms with Crippen molar-refractivity contribution in [3.05, 3.63) is 24.3 Å². The third-order valence-electron chi connectivity index (χ3n) is 3.67. The number of amides is 2. The van der Waals surface area contributed by atoms with Crippen LogP contribution in [0, 0.1) is 5.92 Å². The zero-order valence-electron chi connectivity index (χ0n) is 13.0. The van der Waals surface area contributed by atoms with Gasteiger partial charge in [-0.1, -0.05) is 0 Å². The molecule has 6 heteroatoms. The summed E-state index contributed by atoms with van der Waals surface area (Å²) in [6.07, 6.45) is 3.62. The second-order valence-electron chi connectivity index (χ2n) is 5.20. The number of hydrogen-bond acceptors (Lipinski definition) is 4. The third kappa shape index (κ3) is 4.40. The van der Waals surface area contributed by atoms with Gasteiger partial charge in [0.25, 0.3) is 0 Å². The Balaban J connectivity index is 1.92. The number of ether oxygens (including phenoxy) is 1. The Morgan fingerprint density at radius 3 is 2.73 bits per heavy atom. The number of carbonyl (C=O) groups is 2.